The van der Waals surface area contributed by atoms with E-state index in [4.69, 9.17) is 0 Å². The topological polar surface area (TPSA) is 172 Å². The quantitative estimate of drug-likeness (QED) is 0.101. The minimum Gasteiger partial charge on any atom is -0.381 e. The number of aromatic amines is 1. The molecule has 3 fully saturated rings. The van der Waals surface area contributed by atoms with Crippen LogP contribution in [0.15, 0.2) is 78.9 Å². The van der Waals surface area contributed by atoms with Crippen LogP contribution in [0.1, 0.15) is 60.0 Å². The van der Waals surface area contributed by atoms with Crippen LogP contribution >= 0.6 is 0 Å². The first-order chi connectivity index (χ1) is 29.9. The number of aromatic nitrogens is 2. The first-order valence-electron chi connectivity index (χ1n) is 20.7. The van der Waals surface area contributed by atoms with Crippen molar-refractivity contribution in [1.29, 1.82) is 0 Å². The molecule has 5 amide bonds. The van der Waals surface area contributed by atoms with Crippen LogP contribution in [0, 0.1) is 17.5 Å². The predicted molar refractivity (Wildman–Crippen MR) is 227 cm³/mol. The van der Waals surface area contributed by atoms with Gasteiger partial charge in [-0.25, -0.2) is 13.2 Å². The molecule has 5 aromatic rings. The SMILES string of the molecule is O=C1CCC(Nc2ccc(N3CCN(C(=O)CCC(=O)N4CCC(Nc5cc(F)ccc5C(=O)Nc5n[nH]c6ccc(Cc7cc(F)cc(F)c7)cc56)CC4)CC3)cc2)C(=O)N1. The molecule has 0 saturated carbocycles. The van der Waals surface area contributed by atoms with Crippen molar-refractivity contribution < 1.29 is 37.1 Å². The highest BCUT2D eigenvalue weighted by molar-refractivity contribution is 6.10. The fourth-order valence-corrected chi connectivity index (χ4v) is 8.26. The van der Waals surface area contributed by atoms with Gasteiger partial charge < -0.3 is 30.7 Å². The average molecular weight is 850 g/mol. The van der Waals surface area contributed by atoms with E-state index in [9.17, 15) is 37.1 Å². The third-order valence-electron chi connectivity index (χ3n) is 11.6. The van der Waals surface area contributed by atoms with Gasteiger partial charge in [0.2, 0.25) is 23.6 Å². The maximum Gasteiger partial charge on any atom is 0.258 e. The number of piperidine rings is 2. The van der Waals surface area contributed by atoms with Gasteiger partial charge in [0, 0.05) is 87.4 Å². The standard InChI is InChI=1S/C45H46F3N9O5/c46-29-2-7-35(44(61)52-43-36-24-27(1-8-37(36)53-54-43)21-28-22-30(47)25-31(48)23-28)39(26-29)50-33-13-15-56(16-14-33)41(59)11-12-42(60)57-19-17-55(18-20-57)34-5-3-32(4-6-34)49-38-9-10-40(58)51-45(38)62/h1-8,22-26,33,38,49-50H,9-21H2,(H,51,58,62)(H2,52,53,54,61). The highest BCUT2D eigenvalue weighted by atomic mass is 19.1. The number of nitrogens with zero attached hydrogens (tertiary/aromatic N) is 4. The zero-order valence-corrected chi connectivity index (χ0v) is 33.8. The lowest BCUT2D eigenvalue weighted by molar-refractivity contribution is -0.137. The molecule has 0 bridgehead atoms. The van der Waals surface area contributed by atoms with Crippen molar-refractivity contribution in [3.05, 3.63) is 113 Å². The molecule has 1 aromatic heterocycles. The third kappa shape index (κ3) is 9.99. The predicted octanol–water partition coefficient (Wildman–Crippen LogP) is 5.57. The Hall–Kier alpha value is -6.91. The second kappa shape index (κ2) is 18.4. The Morgan fingerprint density at radius 3 is 2.10 bits per heavy atom. The molecule has 4 aromatic carbocycles. The number of nitrogens with one attached hydrogen (secondary N) is 5. The summed E-state index contributed by atoms with van der Waals surface area (Å²) < 4.78 is 42.1. The molecule has 3 saturated heterocycles. The molecule has 322 valence electrons. The van der Waals surface area contributed by atoms with Crippen LogP contribution in [0.5, 0.6) is 0 Å². The number of carbonyl (C=O) groups is 5. The number of carbonyl (C=O) groups excluding carboxylic acids is 5. The van der Waals surface area contributed by atoms with Gasteiger partial charge in [0.1, 0.15) is 23.5 Å². The fraction of sp³-hybridized carbons (Fsp3) is 0.333. The lowest BCUT2D eigenvalue weighted by Crippen LogP contribution is -2.49. The molecular formula is C45H46F3N9O5. The van der Waals surface area contributed by atoms with Gasteiger partial charge in [0.15, 0.2) is 5.82 Å². The fourth-order valence-electron chi connectivity index (χ4n) is 8.26. The van der Waals surface area contributed by atoms with Crippen LogP contribution in [0.3, 0.4) is 0 Å². The first kappa shape index (κ1) is 41.8. The number of amides is 5. The number of hydrogen-bond acceptors (Lipinski definition) is 9. The number of anilines is 4. The number of likely N-dealkylation sites (tertiary alicyclic amines) is 1. The van der Waals surface area contributed by atoms with E-state index in [-0.39, 0.29) is 60.3 Å². The van der Waals surface area contributed by atoms with E-state index in [1.807, 2.05) is 24.3 Å². The van der Waals surface area contributed by atoms with E-state index in [0.717, 1.165) is 23.0 Å². The smallest absolute Gasteiger partial charge is 0.258 e. The van der Waals surface area contributed by atoms with Crippen molar-refractivity contribution in [2.45, 2.75) is 57.0 Å². The second-order valence-corrected chi connectivity index (χ2v) is 15.9. The number of rotatable bonds is 12. The molecule has 1 atom stereocenters. The molecule has 0 spiro atoms. The number of benzene rings is 4. The van der Waals surface area contributed by atoms with Crippen LogP contribution in [0.2, 0.25) is 0 Å². The molecule has 14 nitrogen and oxygen atoms in total. The molecule has 0 aliphatic carbocycles. The Morgan fingerprint density at radius 2 is 1.40 bits per heavy atom. The van der Waals surface area contributed by atoms with E-state index >= 15 is 0 Å². The van der Waals surface area contributed by atoms with Crippen molar-refractivity contribution in [2.75, 3.05) is 60.1 Å². The minimum atomic E-state index is -0.669. The number of H-pyrrole nitrogens is 1. The van der Waals surface area contributed by atoms with Crippen LogP contribution < -0.4 is 26.2 Å². The van der Waals surface area contributed by atoms with Gasteiger partial charge in [0.25, 0.3) is 5.91 Å². The molecule has 62 heavy (non-hydrogen) atoms. The summed E-state index contributed by atoms with van der Waals surface area (Å²) in [6.45, 7) is 3.21. The van der Waals surface area contributed by atoms with Crippen molar-refractivity contribution in [3.63, 3.8) is 0 Å². The zero-order chi connectivity index (χ0) is 43.3. The number of hydrogen-bond donors (Lipinski definition) is 5. The molecular weight excluding hydrogens is 804 g/mol. The molecule has 3 aliphatic rings. The summed E-state index contributed by atoms with van der Waals surface area (Å²) in [5.41, 5.74) is 4.11. The number of fused-ring (bicyclic) bond motifs is 1. The summed E-state index contributed by atoms with van der Waals surface area (Å²) in [4.78, 5) is 69.2. The van der Waals surface area contributed by atoms with Gasteiger partial charge in [-0.05, 0) is 104 Å². The number of imide groups is 1. The molecule has 4 heterocycles. The highest BCUT2D eigenvalue weighted by Crippen LogP contribution is 2.28. The summed E-state index contributed by atoms with van der Waals surface area (Å²) in [5, 5.41) is 19.4. The summed E-state index contributed by atoms with van der Waals surface area (Å²) in [6, 6.07) is 19.7. The van der Waals surface area contributed by atoms with Crippen LogP contribution in [0.4, 0.5) is 36.1 Å². The Morgan fingerprint density at radius 1 is 0.710 bits per heavy atom. The summed E-state index contributed by atoms with van der Waals surface area (Å²) in [5.74, 6) is -2.91. The summed E-state index contributed by atoms with van der Waals surface area (Å²) >= 11 is 0. The highest BCUT2D eigenvalue weighted by Gasteiger charge is 2.28. The van der Waals surface area contributed by atoms with Crippen molar-refractivity contribution in [1.82, 2.24) is 25.3 Å². The van der Waals surface area contributed by atoms with Gasteiger partial charge in [-0.1, -0.05) is 6.07 Å². The van der Waals surface area contributed by atoms with Gasteiger partial charge in [0.05, 0.1) is 16.8 Å². The van der Waals surface area contributed by atoms with E-state index < -0.39 is 29.4 Å². The van der Waals surface area contributed by atoms with E-state index in [2.05, 4.69) is 36.4 Å². The summed E-state index contributed by atoms with van der Waals surface area (Å²) in [7, 11) is 0. The Kier molecular flexibility index (Phi) is 12.4. The van der Waals surface area contributed by atoms with Crippen molar-refractivity contribution in [3.8, 4) is 0 Å². The summed E-state index contributed by atoms with van der Waals surface area (Å²) in [6.07, 6.45) is 2.31. The monoisotopic (exact) mass is 849 g/mol. The number of piperazine rings is 1. The molecule has 3 aliphatic heterocycles. The minimum absolute atomic E-state index is 0.0703. The van der Waals surface area contributed by atoms with E-state index in [0.29, 0.717) is 87.1 Å². The Bertz CT molecular complexity index is 2480. The van der Waals surface area contributed by atoms with Crippen LogP contribution in [0.25, 0.3) is 10.9 Å². The van der Waals surface area contributed by atoms with E-state index in [1.54, 1.807) is 28.0 Å². The lowest BCUT2D eigenvalue weighted by Gasteiger charge is -2.36. The molecule has 5 N–H and O–H groups in total. The van der Waals surface area contributed by atoms with Crippen molar-refractivity contribution >= 4 is 63.3 Å². The zero-order valence-electron chi connectivity index (χ0n) is 33.8. The Balaban J connectivity index is 0.786. The third-order valence-corrected chi connectivity index (χ3v) is 11.6. The maximum atomic E-state index is 14.5. The largest absolute Gasteiger partial charge is 0.381 e. The van der Waals surface area contributed by atoms with Crippen molar-refractivity contribution in [2.24, 2.45) is 0 Å². The Labute approximate surface area is 355 Å². The van der Waals surface area contributed by atoms with E-state index in [1.165, 1.54) is 30.3 Å². The molecule has 1 unspecified atom stereocenters. The maximum absolute atomic E-state index is 14.5. The van der Waals surface area contributed by atoms with Gasteiger partial charge in [-0.2, -0.15) is 5.10 Å². The lowest BCUT2D eigenvalue weighted by atomic mass is 10.0. The van der Waals surface area contributed by atoms with Gasteiger partial charge in [-0.15, -0.1) is 0 Å². The second-order valence-electron chi connectivity index (χ2n) is 15.9. The van der Waals surface area contributed by atoms with Gasteiger partial charge >= 0.3 is 0 Å². The molecule has 0 radical (unpaired) electrons. The first-order valence-corrected chi connectivity index (χ1v) is 20.7. The molecule has 17 heteroatoms. The van der Waals surface area contributed by atoms with Gasteiger partial charge in [-0.3, -0.25) is 34.4 Å². The normalized spacial score (nSPS) is 17.2. The molecule has 8 rings (SSSR count). The van der Waals surface area contributed by atoms with Crippen LogP contribution in [-0.2, 0) is 25.6 Å². The number of halogens is 3. The average Bonchev–Trinajstić information content (AvgIpc) is 3.65. The van der Waals surface area contributed by atoms with Crippen LogP contribution in [-0.4, -0.2) is 101 Å².